The number of thiophene rings is 1. The zero-order valence-electron chi connectivity index (χ0n) is 15.3. The first-order chi connectivity index (χ1) is 14.1. The summed E-state index contributed by atoms with van der Waals surface area (Å²) in [6.07, 6.45) is 0. The quantitative estimate of drug-likeness (QED) is 0.438. The van der Waals surface area contributed by atoms with E-state index in [0.717, 1.165) is 5.56 Å². The topological polar surface area (TPSA) is 102 Å². The van der Waals surface area contributed by atoms with Gasteiger partial charge in [-0.05, 0) is 36.1 Å². The summed E-state index contributed by atoms with van der Waals surface area (Å²) >= 11 is 3.86. The number of carbonyl (C=O) groups is 2. The van der Waals surface area contributed by atoms with Crippen LogP contribution in [0, 0.1) is 6.92 Å². The minimum atomic E-state index is -0.216. The number of fused-ring (bicyclic) bond motifs is 1. The van der Waals surface area contributed by atoms with E-state index in [0.29, 0.717) is 44.7 Å². The van der Waals surface area contributed by atoms with Crippen molar-refractivity contribution in [2.75, 3.05) is 29.6 Å². The van der Waals surface area contributed by atoms with E-state index in [4.69, 9.17) is 9.47 Å². The highest BCUT2D eigenvalue weighted by atomic mass is 32.2. The summed E-state index contributed by atoms with van der Waals surface area (Å²) in [6.45, 7) is 2.94. The Morgan fingerprint density at radius 1 is 1.14 bits per heavy atom. The molecule has 1 aromatic carbocycles. The average molecular weight is 449 g/mol. The van der Waals surface area contributed by atoms with Crippen LogP contribution in [0.25, 0.3) is 0 Å². The lowest BCUT2D eigenvalue weighted by atomic mass is 10.2. The minimum Gasteiger partial charge on any atom is -0.486 e. The van der Waals surface area contributed by atoms with Crippen molar-refractivity contribution in [3.8, 4) is 11.5 Å². The van der Waals surface area contributed by atoms with Crippen molar-refractivity contribution >= 4 is 57.1 Å². The van der Waals surface area contributed by atoms with Crippen molar-refractivity contribution in [1.29, 1.82) is 0 Å². The molecule has 0 bridgehead atoms. The van der Waals surface area contributed by atoms with E-state index in [2.05, 4.69) is 20.8 Å². The Bertz CT molecular complexity index is 1050. The zero-order chi connectivity index (χ0) is 20.2. The normalized spacial score (nSPS) is 12.4. The summed E-state index contributed by atoms with van der Waals surface area (Å²) < 4.78 is 11.6. The Kier molecular flexibility index (Phi) is 5.97. The molecule has 1 aliphatic heterocycles. The monoisotopic (exact) mass is 448 g/mol. The first kappa shape index (κ1) is 19.7. The number of hydrogen-bond donors (Lipinski definition) is 2. The molecule has 3 aromatic rings. The molecule has 1 aliphatic rings. The van der Waals surface area contributed by atoms with Crippen molar-refractivity contribution in [2.45, 2.75) is 11.3 Å². The number of nitrogens with one attached hydrogen (secondary N) is 2. The molecule has 29 heavy (non-hydrogen) atoms. The van der Waals surface area contributed by atoms with Gasteiger partial charge in [-0.1, -0.05) is 23.1 Å². The van der Waals surface area contributed by atoms with E-state index in [1.165, 1.54) is 34.4 Å². The van der Waals surface area contributed by atoms with Crippen molar-refractivity contribution in [2.24, 2.45) is 0 Å². The second-order valence-corrected chi connectivity index (χ2v) is 9.12. The van der Waals surface area contributed by atoms with Gasteiger partial charge in [-0.25, -0.2) is 0 Å². The van der Waals surface area contributed by atoms with Crippen LogP contribution in [0.4, 0.5) is 10.8 Å². The van der Waals surface area contributed by atoms with Gasteiger partial charge >= 0.3 is 0 Å². The van der Waals surface area contributed by atoms with Gasteiger partial charge < -0.3 is 14.8 Å². The summed E-state index contributed by atoms with van der Waals surface area (Å²) in [7, 11) is 0. The van der Waals surface area contributed by atoms with E-state index in [1.54, 1.807) is 18.2 Å². The molecule has 0 saturated heterocycles. The number of hydrogen-bond acceptors (Lipinski definition) is 9. The molecule has 0 fully saturated rings. The lowest BCUT2D eigenvalue weighted by Gasteiger charge is -2.18. The van der Waals surface area contributed by atoms with Crippen molar-refractivity contribution in [3.63, 3.8) is 0 Å². The highest BCUT2D eigenvalue weighted by molar-refractivity contribution is 8.01. The van der Waals surface area contributed by atoms with E-state index < -0.39 is 0 Å². The van der Waals surface area contributed by atoms with Gasteiger partial charge in [0.2, 0.25) is 11.0 Å². The smallest absolute Gasteiger partial charge is 0.267 e. The van der Waals surface area contributed by atoms with Crippen LogP contribution in [0.15, 0.2) is 34.0 Å². The second kappa shape index (κ2) is 8.80. The maximum atomic E-state index is 12.2. The zero-order valence-corrected chi connectivity index (χ0v) is 17.7. The largest absolute Gasteiger partial charge is 0.486 e. The summed E-state index contributed by atoms with van der Waals surface area (Å²) in [5.41, 5.74) is 1.67. The Balaban J connectivity index is 1.28. The Hall–Kier alpha value is -2.63. The maximum Gasteiger partial charge on any atom is 0.267 e. The standard InChI is InChI=1S/C18H16N4O4S3/c1-10-6-14(27-8-10)16(24)20-17-21-22-18(29-17)28-9-15(23)19-11-2-3-12-13(7-11)26-5-4-25-12/h2-3,6-8H,4-5,9H2,1H3,(H,19,23)(H,20,21,24). The van der Waals surface area contributed by atoms with E-state index >= 15 is 0 Å². The molecule has 150 valence electrons. The van der Waals surface area contributed by atoms with Crippen LogP contribution in [0.1, 0.15) is 15.2 Å². The number of aryl methyl sites for hydroxylation is 1. The van der Waals surface area contributed by atoms with Crippen LogP contribution in [-0.2, 0) is 4.79 Å². The number of rotatable bonds is 6. The fourth-order valence-corrected chi connectivity index (χ4v) is 4.81. The SMILES string of the molecule is Cc1csc(C(=O)Nc2nnc(SCC(=O)Nc3ccc4c(c3)OCCO4)s2)c1. The number of thioether (sulfide) groups is 1. The molecule has 2 aromatic heterocycles. The average Bonchev–Trinajstić information content (AvgIpc) is 3.35. The van der Waals surface area contributed by atoms with Gasteiger partial charge in [0.25, 0.3) is 5.91 Å². The first-order valence-corrected chi connectivity index (χ1v) is 11.3. The van der Waals surface area contributed by atoms with Gasteiger partial charge in [0.15, 0.2) is 15.8 Å². The van der Waals surface area contributed by atoms with Gasteiger partial charge in [0.1, 0.15) is 13.2 Å². The van der Waals surface area contributed by atoms with Crippen LogP contribution >= 0.6 is 34.4 Å². The third kappa shape index (κ3) is 5.05. The Labute approximate surface area is 178 Å². The fourth-order valence-electron chi connectivity index (χ4n) is 2.47. The van der Waals surface area contributed by atoms with Crippen molar-refractivity contribution < 1.29 is 19.1 Å². The lowest BCUT2D eigenvalue weighted by molar-refractivity contribution is -0.113. The fraction of sp³-hybridized carbons (Fsp3) is 0.222. The van der Waals surface area contributed by atoms with Gasteiger partial charge in [-0.2, -0.15) is 0 Å². The van der Waals surface area contributed by atoms with Crippen LogP contribution < -0.4 is 20.1 Å². The van der Waals surface area contributed by atoms with Gasteiger partial charge in [-0.15, -0.1) is 21.5 Å². The molecule has 0 radical (unpaired) electrons. The third-order valence-corrected chi connectivity index (χ3v) is 6.75. The molecule has 8 nitrogen and oxygen atoms in total. The molecule has 2 amide bonds. The molecule has 0 atom stereocenters. The second-order valence-electron chi connectivity index (χ2n) is 6.01. The van der Waals surface area contributed by atoms with E-state index in [1.807, 2.05) is 18.4 Å². The summed E-state index contributed by atoms with van der Waals surface area (Å²) in [6, 6.07) is 7.09. The summed E-state index contributed by atoms with van der Waals surface area (Å²) in [5, 5.41) is 15.8. The molecule has 4 rings (SSSR count). The number of benzene rings is 1. The number of aromatic nitrogens is 2. The van der Waals surface area contributed by atoms with E-state index in [-0.39, 0.29) is 17.6 Å². The predicted molar refractivity (Wildman–Crippen MR) is 114 cm³/mol. The molecule has 0 aliphatic carbocycles. The van der Waals surface area contributed by atoms with Crippen LogP contribution in [-0.4, -0.2) is 41.0 Å². The molecule has 3 heterocycles. The highest BCUT2D eigenvalue weighted by Crippen LogP contribution is 2.33. The highest BCUT2D eigenvalue weighted by Gasteiger charge is 2.15. The molecular weight excluding hydrogens is 432 g/mol. The Morgan fingerprint density at radius 2 is 1.97 bits per heavy atom. The molecule has 2 N–H and O–H groups in total. The lowest BCUT2D eigenvalue weighted by Crippen LogP contribution is -2.17. The summed E-state index contributed by atoms with van der Waals surface area (Å²) in [5.74, 6) is 1.06. The third-order valence-electron chi connectivity index (χ3n) is 3.73. The number of ether oxygens (including phenoxy) is 2. The molecule has 0 unspecified atom stereocenters. The molecular formula is C18H16N4O4S3. The van der Waals surface area contributed by atoms with Crippen molar-refractivity contribution in [1.82, 2.24) is 10.2 Å². The maximum absolute atomic E-state index is 12.2. The number of nitrogens with zero attached hydrogens (tertiary/aromatic N) is 2. The van der Waals surface area contributed by atoms with Crippen LogP contribution in [0.2, 0.25) is 0 Å². The number of amides is 2. The number of anilines is 2. The minimum absolute atomic E-state index is 0.168. The molecule has 11 heteroatoms. The predicted octanol–water partition coefficient (Wildman–Crippen LogP) is 3.66. The molecule has 0 saturated carbocycles. The first-order valence-electron chi connectivity index (χ1n) is 8.59. The van der Waals surface area contributed by atoms with Gasteiger partial charge in [0.05, 0.1) is 10.6 Å². The van der Waals surface area contributed by atoms with Crippen LogP contribution in [0.5, 0.6) is 11.5 Å². The molecule has 0 spiro atoms. The van der Waals surface area contributed by atoms with E-state index in [9.17, 15) is 9.59 Å². The van der Waals surface area contributed by atoms with Gasteiger partial charge in [-0.3, -0.25) is 14.9 Å². The van der Waals surface area contributed by atoms with Gasteiger partial charge in [0, 0.05) is 11.8 Å². The number of carbonyl (C=O) groups excluding carboxylic acids is 2. The summed E-state index contributed by atoms with van der Waals surface area (Å²) in [4.78, 5) is 25.0. The Morgan fingerprint density at radius 3 is 2.76 bits per heavy atom. The van der Waals surface area contributed by atoms with Crippen LogP contribution in [0.3, 0.4) is 0 Å². The van der Waals surface area contributed by atoms with Crippen molar-refractivity contribution in [3.05, 3.63) is 40.1 Å².